The molecule has 0 radical (unpaired) electrons. The third-order valence-corrected chi connectivity index (χ3v) is 2.84. The van der Waals surface area contributed by atoms with Gasteiger partial charge < -0.3 is 15.5 Å². The molecular formula is C16H32FN3O. The maximum Gasteiger partial charge on any atom is 0.223 e. The van der Waals surface area contributed by atoms with Crippen molar-refractivity contribution in [2.45, 2.75) is 47.1 Å². The van der Waals surface area contributed by atoms with Crippen molar-refractivity contribution in [2.24, 2.45) is 5.73 Å². The molecule has 0 rings (SSSR count). The van der Waals surface area contributed by atoms with Crippen molar-refractivity contribution >= 4 is 5.91 Å². The van der Waals surface area contributed by atoms with Gasteiger partial charge in [-0.05, 0) is 39.9 Å². The van der Waals surface area contributed by atoms with Gasteiger partial charge in [0.1, 0.15) is 5.83 Å². The Morgan fingerprint density at radius 2 is 1.81 bits per heavy atom. The number of nitrogens with zero attached hydrogens (tertiary/aromatic N) is 2. The second-order valence-corrected chi connectivity index (χ2v) is 4.97. The molecule has 0 bridgehead atoms. The van der Waals surface area contributed by atoms with Gasteiger partial charge in [0.2, 0.25) is 5.91 Å². The van der Waals surface area contributed by atoms with E-state index in [-0.39, 0.29) is 11.9 Å². The SMILES string of the molecule is C=C(F)/C=C(\C)N(CCN(C)CCC(C)N)C(C)=O.CC. The molecule has 0 saturated carbocycles. The van der Waals surface area contributed by atoms with Crippen LogP contribution in [0.2, 0.25) is 0 Å². The van der Waals surface area contributed by atoms with Gasteiger partial charge in [0.25, 0.3) is 0 Å². The Labute approximate surface area is 129 Å². The lowest BCUT2D eigenvalue weighted by atomic mass is 10.2. The van der Waals surface area contributed by atoms with Crippen LogP contribution in [0.4, 0.5) is 4.39 Å². The van der Waals surface area contributed by atoms with Crippen LogP contribution in [0.3, 0.4) is 0 Å². The summed E-state index contributed by atoms with van der Waals surface area (Å²) in [5.74, 6) is -0.648. The first-order valence-corrected chi connectivity index (χ1v) is 7.49. The molecule has 1 unspecified atom stereocenters. The summed E-state index contributed by atoms with van der Waals surface area (Å²) in [6, 6.07) is 0.169. The topological polar surface area (TPSA) is 49.6 Å². The van der Waals surface area contributed by atoms with E-state index in [9.17, 15) is 9.18 Å². The molecule has 1 atom stereocenters. The summed E-state index contributed by atoms with van der Waals surface area (Å²) in [4.78, 5) is 15.2. The van der Waals surface area contributed by atoms with E-state index in [1.807, 2.05) is 27.8 Å². The van der Waals surface area contributed by atoms with Gasteiger partial charge in [-0.15, -0.1) is 0 Å². The van der Waals surface area contributed by atoms with Crippen LogP contribution in [0.1, 0.15) is 41.0 Å². The summed E-state index contributed by atoms with van der Waals surface area (Å²) in [6.07, 6.45) is 2.18. The molecule has 0 aliphatic carbocycles. The van der Waals surface area contributed by atoms with Crippen LogP contribution in [0.25, 0.3) is 0 Å². The van der Waals surface area contributed by atoms with Crippen LogP contribution in [-0.4, -0.2) is 48.4 Å². The summed E-state index contributed by atoms with van der Waals surface area (Å²) >= 11 is 0. The van der Waals surface area contributed by atoms with Crippen LogP contribution in [0, 0.1) is 0 Å². The van der Waals surface area contributed by atoms with E-state index >= 15 is 0 Å². The molecular weight excluding hydrogens is 269 g/mol. The summed E-state index contributed by atoms with van der Waals surface area (Å²) in [5, 5.41) is 0. The van der Waals surface area contributed by atoms with E-state index in [2.05, 4.69) is 11.5 Å². The smallest absolute Gasteiger partial charge is 0.223 e. The molecule has 124 valence electrons. The van der Waals surface area contributed by atoms with Crippen molar-refractivity contribution in [1.82, 2.24) is 9.80 Å². The number of halogens is 1. The lowest BCUT2D eigenvalue weighted by molar-refractivity contribution is -0.127. The zero-order valence-corrected chi connectivity index (χ0v) is 14.4. The molecule has 5 heteroatoms. The molecule has 0 fully saturated rings. The monoisotopic (exact) mass is 301 g/mol. The van der Waals surface area contributed by atoms with Crippen molar-refractivity contribution in [3.05, 3.63) is 24.2 Å². The second kappa shape index (κ2) is 12.5. The molecule has 0 aliphatic heterocycles. The van der Waals surface area contributed by atoms with Gasteiger partial charge in [0, 0.05) is 31.8 Å². The summed E-state index contributed by atoms with van der Waals surface area (Å²) in [5.41, 5.74) is 6.27. The van der Waals surface area contributed by atoms with E-state index in [0.29, 0.717) is 12.2 Å². The van der Waals surface area contributed by atoms with Crippen LogP contribution >= 0.6 is 0 Å². The normalized spacial score (nSPS) is 12.5. The zero-order chi connectivity index (χ0) is 17.0. The molecule has 2 N–H and O–H groups in total. The van der Waals surface area contributed by atoms with E-state index in [1.54, 1.807) is 11.8 Å². The average Bonchev–Trinajstić information content (AvgIpc) is 2.37. The first kappa shape index (κ1) is 22.1. The third kappa shape index (κ3) is 12.3. The van der Waals surface area contributed by atoms with Gasteiger partial charge in [-0.1, -0.05) is 20.4 Å². The van der Waals surface area contributed by atoms with Gasteiger partial charge in [-0.2, -0.15) is 0 Å². The molecule has 0 aromatic carbocycles. The Bertz CT molecular complexity index is 340. The minimum absolute atomic E-state index is 0.101. The summed E-state index contributed by atoms with van der Waals surface area (Å²) in [6.45, 7) is 14.4. The highest BCUT2D eigenvalue weighted by molar-refractivity contribution is 5.75. The fourth-order valence-corrected chi connectivity index (χ4v) is 1.69. The Kier molecular flexibility index (Phi) is 13.2. The standard InChI is InChI=1S/C14H26FN3O.C2H6/c1-11(15)10-13(3)18(14(4)19)9-8-17(5)7-6-12(2)16;1-2/h10,12H,1,6-9,16H2,2-5H3;1-2H3/b13-10+;. The van der Waals surface area contributed by atoms with E-state index < -0.39 is 5.83 Å². The largest absolute Gasteiger partial charge is 0.328 e. The number of nitrogens with two attached hydrogens (primary N) is 1. The van der Waals surface area contributed by atoms with Crippen molar-refractivity contribution in [3.63, 3.8) is 0 Å². The number of carbonyl (C=O) groups is 1. The molecule has 1 amide bonds. The Balaban J connectivity index is 0. The first-order valence-electron chi connectivity index (χ1n) is 7.49. The van der Waals surface area contributed by atoms with Crippen molar-refractivity contribution in [3.8, 4) is 0 Å². The summed E-state index contributed by atoms with van der Waals surface area (Å²) in [7, 11) is 1.98. The number of rotatable bonds is 8. The fraction of sp³-hybridized carbons (Fsp3) is 0.688. The first-order chi connectivity index (χ1) is 9.73. The predicted molar refractivity (Wildman–Crippen MR) is 88.5 cm³/mol. The molecule has 0 aliphatic rings. The van der Waals surface area contributed by atoms with E-state index in [1.165, 1.54) is 13.0 Å². The van der Waals surface area contributed by atoms with Crippen LogP contribution in [-0.2, 0) is 4.79 Å². The molecule has 0 spiro atoms. The number of carbonyl (C=O) groups excluding carboxylic acids is 1. The number of amides is 1. The lowest BCUT2D eigenvalue weighted by Crippen LogP contribution is -2.36. The number of allylic oxidation sites excluding steroid dienone is 3. The highest BCUT2D eigenvalue weighted by Gasteiger charge is 2.12. The summed E-state index contributed by atoms with van der Waals surface area (Å²) < 4.78 is 12.8. The molecule has 21 heavy (non-hydrogen) atoms. The second-order valence-electron chi connectivity index (χ2n) is 4.97. The van der Waals surface area contributed by atoms with Crippen molar-refractivity contribution < 1.29 is 9.18 Å². The Hall–Kier alpha value is -1.20. The number of likely N-dealkylation sites (N-methyl/N-ethyl adjacent to an activating group) is 1. The van der Waals surface area contributed by atoms with Gasteiger partial charge in [-0.3, -0.25) is 4.79 Å². The fourth-order valence-electron chi connectivity index (χ4n) is 1.69. The molecule has 4 nitrogen and oxygen atoms in total. The number of hydrogen-bond acceptors (Lipinski definition) is 3. The highest BCUT2D eigenvalue weighted by Crippen LogP contribution is 2.08. The minimum Gasteiger partial charge on any atom is -0.328 e. The average molecular weight is 301 g/mol. The van der Waals surface area contributed by atoms with Gasteiger partial charge in [0.15, 0.2) is 0 Å². The molecule has 0 aromatic rings. The van der Waals surface area contributed by atoms with Crippen molar-refractivity contribution in [1.29, 1.82) is 0 Å². The van der Waals surface area contributed by atoms with Crippen molar-refractivity contribution in [2.75, 3.05) is 26.7 Å². The highest BCUT2D eigenvalue weighted by atomic mass is 19.1. The van der Waals surface area contributed by atoms with Gasteiger partial charge >= 0.3 is 0 Å². The number of hydrogen-bond donors (Lipinski definition) is 1. The van der Waals surface area contributed by atoms with Crippen LogP contribution < -0.4 is 5.73 Å². The quantitative estimate of drug-likeness (QED) is 0.701. The lowest BCUT2D eigenvalue weighted by Gasteiger charge is -2.25. The molecule has 0 heterocycles. The molecule has 0 aromatic heterocycles. The van der Waals surface area contributed by atoms with Gasteiger partial charge in [-0.25, -0.2) is 4.39 Å². The maximum absolute atomic E-state index is 12.8. The van der Waals surface area contributed by atoms with E-state index in [4.69, 9.17) is 5.73 Å². The molecule has 0 saturated heterocycles. The van der Waals surface area contributed by atoms with Crippen LogP contribution in [0.15, 0.2) is 24.2 Å². The van der Waals surface area contributed by atoms with Gasteiger partial charge in [0.05, 0.1) is 0 Å². The van der Waals surface area contributed by atoms with E-state index in [0.717, 1.165) is 19.5 Å². The van der Waals surface area contributed by atoms with Crippen LogP contribution in [0.5, 0.6) is 0 Å². The minimum atomic E-state index is -0.547. The Morgan fingerprint density at radius 1 is 1.29 bits per heavy atom. The zero-order valence-electron chi connectivity index (χ0n) is 14.4. The Morgan fingerprint density at radius 3 is 2.19 bits per heavy atom. The predicted octanol–water partition coefficient (Wildman–Crippen LogP) is 2.92. The maximum atomic E-state index is 12.8. The third-order valence-electron chi connectivity index (χ3n) is 2.84.